The van der Waals surface area contributed by atoms with E-state index >= 15 is 0 Å². The minimum absolute atomic E-state index is 0.0536. The Bertz CT molecular complexity index is 516. The molecule has 0 bridgehead atoms. The quantitative estimate of drug-likeness (QED) is 0.651. The Hall–Kier alpha value is -1.47. The summed E-state index contributed by atoms with van der Waals surface area (Å²) in [5.41, 5.74) is 0.399. The molecule has 1 aromatic rings. The number of nitro groups is 1. The average molecular weight is 342 g/mol. The van der Waals surface area contributed by atoms with Crippen molar-refractivity contribution in [1.29, 1.82) is 0 Å². The summed E-state index contributed by atoms with van der Waals surface area (Å²) in [5.74, 6) is 0.240. The van der Waals surface area contributed by atoms with Crippen molar-refractivity contribution < 1.29 is 9.72 Å². The molecule has 0 radical (unpaired) electrons. The van der Waals surface area contributed by atoms with E-state index in [1.807, 2.05) is 0 Å². The number of halogens is 1. The van der Waals surface area contributed by atoms with E-state index in [2.05, 4.69) is 26.6 Å². The van der Waals surface area contributed by atoms with Gasteiger partial charge in [-0.3, -0.25) is 14.9 Å². The first kappa shape index (κ1) is 14.9. The fourth-order valence-corrected chi connectivity index (χ4v) is 2.69. The number of hydrogen-bond acceptors (Lipinski definition) is 4. The van der Waals surface area contributed by atoms with Crippen molar-refractivity contribution in [3.05, 3.63) is 32.8 Å². The predicted octanol–water partition coefficient (Wildman–Crippen LogP) is 2.69. The first-order valence-electron chi connectivity index (χ1n) is 6.51. The largest absolute Gasteiger partial charge is 0.326 e. The highest BCUT2D eigenvalue weighted by Gasteiger charge is 2.18. The van der Waals surface area contributed by atoms with Crippen molar-refractivity contribution >= 4 is 33.2 Å². The zero-order valence-electron chi connectivity index (χ0n) is 10.9. The Morgan fingerprint density at radius 1 is 1.55 bits per heavy atom. The first-order valence-corrected chi connectivity index (χ1v) is 7.30. The topological polar surface area (TPSA) is 84.3 Å². The minimum Gasteiger partial charge on any atom is -0.326 e. The maximum Gasteiger partial charge on any atom is 0.285 e. The van der Waals surface area contributed by atoms with Crippen LogP contribution in [-0.2, 0) is 4.79 Å². The monoisotopic (exact) mass is 341 g/mol. The highest BCUT2D eigenvalue weighted by atomic mass is 79.9. The summed E-state index contributed by atoms with van der Waals surface area (Å²) in [6, 6.07) is 4.57. The number of amides is 1. The number of nitrogens with one attached hydrogen (secondary N) is 2. The fourth-order valence-electron chi connectivity index (χ4n) is 2.30. The van der Waals surface area contributed by atoms with Crippen molar-refractivity contribution in [2.24, 2.45) is 5.92 Å². The van der Waals surface area contributed by atoms with Crippen LogP contribution < -0.4 is 10.6 Å². The van der Waals surface area contributed by atoms with Gasteiger partial charge in [0, 0.05) is 18.2 Å². The summed E-state index contributed by atoms with van der Waals surface area (Å²) < 4.78 is 0.400. The lowest BCUT2D eigenvalue weighted by Crippen LogP contribution is -2.32. The van der Waals surface area contributed by atoms with Crippen molar-refractivity contribution in [3.63, 3.8) is 0 Å². The molecule has 1 unspecified atom stereocenters. The first-order chi connectivity index (χ1) is 9.56. The van der Waals surface area contributed by atoms with Crippen LogP contribution in [-0.4, -0.2) is 23.9 Å². The zero-order valence-corrected chi connectivity index (χ0v) is 12.5. The van der Waals surface area contributed by atoms with Crippen LogP contribution in [0.3, 0.4) is 0 Å². The Balaban J connectivity index is 1.96. The van der Waals surface area contributed by atoms with Crippen molar-refractivity contribution in [1.82, 2.24) is 5.32 Å². The van der Waals surface area contributed by atoms with E-state index in [1.165, 1.54) is 6.07 Å². The number of piperidine rings is 1. The van der Waals surface area contributed by atoms with E-state index in [-0.39, 0.29) is 11.6 Å². The highest BCUT2D eigenvalue weighted by Crippen LogP contribution is 2.28. The second-order valence-electron chi connectivity index (χ2n) is 4.89. The minimum atomic E-state index is -0.481. The molecule has 0 spiro atoms. The van der Waals surface area contributed by atoms with Gasteiger partial charge in [0.15, 0.2) is 0 Å². The van der Waals surface area contributed by atoms with Gasteiger partial charge in [0.05, 0.1) is 9.40 Å². The van der Waals surface area contributed by atoms with Crippen LogP contribution in [0.1, 0.15) is 19.3 Å². The molecule has 2 rings (SSSR count). The SMILES string of the molecule is O=C(CC1CCCNC1)Nc1ccc(Br)c([N+](=O)[O-])c1. The zero-order chi connectivity index (χ0) is 14.5. The Kier molecular flexibility index (Phi) is 5.08. The molecule has 1 fully saturated rings. The van der Waals surface area contributed by atoms with Gasteiger partial charge in [-0.25, -0.2) is 0 Å². The maximum atomic E-state index is 11.9. The molecule has 1 heterocycles. The molecule has 20 heavy (non-hydrogen) atoms. The average Bonchev–Trinajstić information content (AvgIpc) is 2.41. The van der Waals surface area contributed by atoms with Gasteiger partial charge in [0.25, 0.3) is 5.69 Å². The number of anilines is 1. The summed E-state index contributed by atoms with van der Waals surface area (Å²) in [5, 5.41) is 16.8. The van der Waals surface area contributed by atoms with Gasteiger partial charge < -0.3 is 10.6 Å². The lowest BCUT2D eigenvalue weighted by atomic mass is 9.96. The molecule has 1 aliphatic heterocycles. The maximum absolute atomic E-state index is 11.9. The Morgan fingerprint density at radius 2 is 2.35 bits per heavy atom. The third-order valence-corrected chi connectivity index (χ3v) is 3.97. The van der Waals surface area contributed by atoms with Gasteiger partial charge in [-0.1, -0.05) is 0 Å². The summed E-state index contributed by atoms with van der Waals surface area (Å²) in [4.78, 5) is 22.3. The van der Waals surface area contributed by atoms with Crippen molar-refractivity contribution in [2.45, 2.75) is 19.3 Å². The highest BCUT2D eigenvalue weighted by molar-refractivity contribution is 9.10. The van der Waals surface area contributed by atoms with E-state index in [9.17, 15) is 14.9 Å². The standard InChI is InChI=1S/C13H16BrN3O3/c14-11-4-3-10(7-12(11)17(19)20)16-13(18)6-9-2-1-5-15-8-9/h3-4,7,9,15H,1-2,5-6,8H2,(H,16,18). The number of carbonyl (C=O) groups excluding carboxylic acids is 1. The molecule has 108 valence electrons. The number of rotatable bonds is 4. The molecule has 1 aliphatic rings. The van der Waals surface area contributed by atoms with Gasteiger partial charge in [-0.2, -0.15) is 0 Å². The second kappa shape index (κ2) is 6.81. The van der Waals surface area contributed by atoms with Crippen molar-refractivity contribution in [3.8, 4) is 0 Å². The third-order valence-electron chi connectivity index (χ3n) is 3.30. The van der Waals surface area contributed by atoms with E-state index < -0.39 is 4.92 Å². The molecule has 2 N–H and O–H groups in total. The summed E-state index contributed by atoms with van der Waals surface area (Å²) in [7, 11) is 0. The summed E-state index contributed by atoms with van der Waals surface area (Å²) in [6.45, 7) is 1.87. The number of nitro benzene ring substituents is 1. The van der Waals surface area contributed by atoms with Crippen LogP contribution in [0.25, 0.3) is 0 Å². The van der Waals surface area contributed by atoms with Crippen LogP contribution in [0.5, 0.6) is 0 Å². The number of carbonyl (C=O) groups is 1. The molecule has 0 saturated carbocycles. The normalized spacial score (nSPS) is 18.6. The smallest absolute Gasteiger partial charge is 0.285 e. The van der Waals surface area contributed by atoms with E-state index in [4.69, 9.17) is 0 Å². The van der Waals surface area contributed by atoms with Gasteiger partial charge in [0.2, 0.25) is 5.91 Å². The molecule has 1 atom stereocenters. The Labute approximate surface area is 125 Å². The molecule has 1 aromatic carbocycles. The summed E-state index contributed by atoms with van der Waals surface area (Å²) in [6.07, 6.45) is 2.57. The van der Waals surface area contributed by atoms with Crippen molar-refractivity contribution in [2.75, 3.05) is 18.4 Å². The lowest BCUT2D eigenvalue weighted by molar-refractivity contribution is -0.385. The number of benzene rings is 1. The Morgan fingerprint density at radius 3 is 3.00 bits per heavy atom. The molecular formula is C13H16BrN3O3. The van der Waals surface area contributed by atoms with Crippen LogP contribution in [0.15, 0.2) is 22.7 Å². The van der Waals surface area contributed by atoms with E-state index in [0.29, 0.717) is 22.5 Å². The molecule has 1 saturated heterocycles. The van der Waals surface area contributed by atoms with Crippen LogP contribution >= 0.6 is 15.9 Å². The second-order valence-corrected chi connectivity index (χ2v) is 5.74. The van der Waals surface area contributed by atoms with Gasteiger partial charge in [-0.15, -0.1) is 0 Å². The molecule has 1 amide bonds. The predicted molar refractivity (Wildman–Crippen MR) is 79.6 cm³/mol. The lowest BCUT2D eigenvalue weighted by Gasteiger charge is -2.22. The molecule has 7 heteroatoms. The van der Waals surface area contributed by atoms with E-state index in [1.54, 1.807) is 12.1 Å². The number of nitrogens with zero attached hydrogens (tertiary/aromatic N) is 1. The van der Waals surface area contributed by atoms with Crippen LogP contribution in [0, 0.1) is 16.0 Å². The van der Waals surface area contributed by atoms with Gasteiger partial charge in [0.1, 0.15) is 0 Å². The third kappa shape index (κ3) is 4.01. The fraction of sp³-hybridized carbons (Fsp3) is 0.462. The van der Waals surface area contributed by atoms with Gasteiger partial charge >= 0.3 is 0 Å². The van der Waals surface area contributed by atoms with Crippen LogP contribution in [0.4, 0.5) is 11.4 Å². The number of hydrogen-bond donors (Lipinski definition) is 2. The summed E-state index contributed by atoms with van der Waals surface area (Å²) >= 11 is 3.11. The molecular weight excluding hydrogens is 326 g/mol. The molecule has 0 aromatic heterocycles. The molecule has 6 nitrogen and oxygen atoms in total. The van der Waals surface area contributed by atoms with Gasteiger partial charge in [-0.05, 0) is 59.9 Å². The van der Waals surface area contributed by atoms with Crippen LogP contribution in [0.2, 0.25) is 0 Å². The molecule has 0 aliphatic carbocycles. The van der Waals surface area contributed by atoms with E-state index in [0.717, 1.165) is 25.9 Å².